The van der Waals surface area contributed by atoms with Crippen molar-refractivity contribution in [1.82, 2.24) is 4.90 Å². The van der Waals surface area contributed by atoms with E-state index in [0.717, 1.165) is 18.5 Å². The van der Waals surface area contributed by atoms with Gasteiger partial charge in [-0.05, 0) is 31.2 Å². The van der Waals surface area contributed by atoms with Gasteiger partial charge in [-0.3, -0.25) is 4.90 Å². The van der Waals surface area contributed by atoms with Crippen LogP contribution in [0.4, 0.5) is 0 Å². The first-order valence-corrected chi connectivity index (χ1v) is 7.29. The van der Waals surface area contributed by atoms with E-state index in [1.807, 2.05) is 19.2 Å². The minimum absolute atomic E-state index is 0.367. The van der Waals surface area contributed by atoms with E-state index in [2.05, 4.69) is 4.90 Å². The summed E-state index contributed by atoms with van der Waals surface area (Å²) in [4.78, 5) is 2.43. The number of methoxy groups -OCH3 is 1. The molecule has 0 saturated heterocycles. The third kappa shape index (κ3) is 4.85. The number of sulfone groups is 1. The van der Waals surface area contributed by atoms with E-state index in [4.69, 9.17) is 4.74 Å². The fourth-order valence-corrected chi connectivity index (χ4v) is 2.14. The SMILES string of the molecule is COCN(C)CCc1ccc(S(C)(=O)=O)cc1. The van der Waals surface area contributed by atoms with Crippen LogP contribution in [0.5, 0.6) is 0 Å². The predicted octanol–water partition coefficient (Wildman–Crippen LogP) is 1.17. The summed E-state index contributed by atoms with van der Waals surface area (Å²) in [6.07, 6.45) is 2.10. The number of benzene rings is 1. The van der Waals surface area contributed by atoms with Gasteiger partial charge in [-0.2, -0.15) is 0 Å². The van der Waals surface area contributed by atoms with Crippen LogP contribution in [0.2, 0.25) is 0 Å². The van der Waals surface area contributed by atoms with Gasteiger partial charge in [-0.25, -0.2) is 8.42 Å². The Balaban J connectivity index is 2.57. The van der Waals surface area contributed by atoms with Gasteiger partial charge in [0.15, 0.2) is 9.84 Å². The Morgan fingerprint density at radius 3 is 2.29 bits per heavy atom. The van der Waals surface area contributed by atoms with Gasteiger partial charge in [0.1, 0.15) is 0 Å². The average Bonchev–Trinajstić information content (AvgIpc) is 2.26. The van der Waals surface area contributed by atoms with Crippen molar-refractivity contribution >= 4 is 9.84 Å². The van der Waals surface area contributed by atoms with Crippen LogP contribution < -0.4 is 0 Å². The van der Waals surface area contributed by atoms with E-state index in [-0.39, 0.29) is 0 Å². The third-order valence-electron chi connectivity index (χ3n) is 2.48. The van der Waals surface area contributed by atoms with Gasteiger partial charge in [0.2, 0.25) is 0 Å². The second-order valence-electron chi connectivity index (χ2n) is 4.16. The van der Waals surface area contributed by atoms with Crippen LogP contribution in [-0.2, 0) is 21.0 Å². The lowest BCUT2D eigenvalue weighted by Gasteiger charge is -2.14. The molecule has 5 heteroatoms. The Kier molecular flexibility index (Phi) is 5.11. The molecule has 0 aromatic heterocycles. The summed E-state index contributed by atoms with van der Waals surface area (Å²) in [7, 11) is 0.555. The molecule has 1 aromatic carbocycles. The Hall–Kier alpha value is -0.910. The van der Waals surface area contributed by atoms with Crippen molar-refractivity contribution in [3.05, 3.63) is 29.8 Å². The summed E-state index contributed by atoms with van der Waals surface area (Å²) >= 11 is 0. The zero-order chi connectivity index (χ0) is 12.9. The van der Waals surface area contributed by atoms with E-state index in [1.165, 1.54) is 6.26 Å². The molecule has 0 aliphatic heterocycles. The summed E-state index contributed by atoms with van der Waals surface area (Å²) in [5.74, 6) is 0. The molecule has 0 unspecified atom stereocenters. The Morgan fingerprint density at radius 2 is 1.82 bits per heavy atom. The molecule has 0 N–H and O–H groups in total. The highest BCUT2D eigenvalue weighted by Crippen LogP contribution is 2.10. The number of hydrogen-bond donors (Lipinski definition) is 0. The van der Waals surface area contributed by atoms with Crippen molar-refractivity contribution in [2.45, 2.75) is 11.3 Å². The van der Waals surface area contributed by atoms with Crippen LogP contribution in [0.1, 0.15) is 5.56 Å². The van der Waals surface area contributed by atoms with Crippen molar-refractivity contribution in [2.24, 2.45) is 0 Å². The molecule has 1 rings (SSSR count). The molecular weight excluding hydrogens is 238 g/mol. The number of rotatable bonds is 6. The molecule has 0 heterocycles. The summed E-state index contributed by atoms with van der Waals surface area (Å²) in [6.45, 7) is 1.48. The number of likely N-dealkylation sites (N-methyl/N-ethyl adjacent to an activating group) is 1. The second kappa shape index (κ2) is 6.14. The molecule has 17 heavy (non-hydrogen) atoms. The van der Waals surface area contributed by atoms with Crippen LogP contribution in [0.15, 0.2) is 29.2 Å². The lowest BCUT2D eigenvalue weighted by molar-refractivity contribution is 0.0827. The van der Waals surface area contributed by atoms with Crippen molar-refractivity contribution in [1.29, 1.82) is 0 Å². The number of ether oxygens (including phenoxy) is 1. The monoisotopic (exact) mass is 257 g/mol. The van der Waals surface area contributed by atoms with Gasteiger partial charge >= 0.3 is 0 Å². The van der Waals surface area contributed by atoms with E-state index in [9.17, 15) is 8.42 Å². The molecule has 0 saturated carbocycles. The first-order valence-electron chi connectivity index (χ1n) is 5.40. The highest BCUT2D eigenvalue weighted by Gasteiger charge is 2.06. The summed E-state index contributed by atoms with van der Waals surface area (Å²) in [5, 5.41) is 0. The van der Waals surface area contributed by atoms with Gasteiger partial charge in [-0.1, -0.05) is 12.1 Å². The predicted molar refractivity (Wildman–Crippen MR) is 67.8 cm³/mol. The Morgan fingerprint density at radius 1 is 1.24 bits per heavy atom. The van der Waals surface area contributed by atoms with Crippen LogP contribution in [0.25, 0.3) is 0 Å². The van der Waals surface area contributed by atoms with E-state index >= 15 is 0 Å². The van der Waals surface area contributed by atoms with E-state index in [1.54, 1.807) is 19.2 Å². The van der Waals surface area contributed by atoms with Crippen LogP contribution in [0, 0.1) is 0 Å². The number of nitrogens with zero attached hydrogens (tertiary/aromatic N) is 1. The van der Waals surface area contributed by atoms with E-state index in [0.29, 0.717) is 11.6 Å². The molecule has 0 fully saturated rings. The zero-order valence-corrected chi connectivity index (χ0v) is 11.3. The van der Waals surface area contributed by atoms with E-state index < -0.39 is 9.84 Å². The first kappa shape index (κ1) is 14.2. The number of hydrogen-bond acceptors (Lipinski definition) is 4. The minimum Gasteiger partial charge on any atom is -0.369 e. The molecule has 96 valence electrons. The van der Waals surface area contributed by atoms with Crippen molar-refractivity contribution in [2.75, 3.05) is 33.7 Å². The molecule has 0 aliphatic rings. The maximum absolute atomic E-state index is 11.3. The van der Waals surface area contributed by atoms with Gasteiger partial charge < -0.3 is 4.74 Å². The highest BCUT2D eigenvalue weighted by molar-refractivity contribution is 7.90. The van der Waals surface area contributed by atoms with Crippen LogP contribution in [0.3, 0.4) is 0 Å². The maximum atomic E-state index is 11.3. The molecule has 1 aromatic rings. The molecule has 4 nitrogen and oxygen atoms in total. The van der Waals surface area contributed by atoms with Crippen LogP contribution >= 0.6 is 0 Å². The lowest BCUT2D eigenvalue weighted by atomic mass is 10.1. The largest absolute Gasteiger partial charge is 0.369 e. The fourth-order valence-electron chi connectivity index (χ4n) is 1.51. The van der Waals surface area contributed by atoms with Gasteiger partial charge in [-0.15, -0.1) is 0 Å². The Labute approximate surface area is 103 Å². The summed E-state index contributed by atoms with van der Waals surface area (Å²) < 4.78 is 27.5. The normalized spacial score (nSPS) is 12.0. The fraction of sp³-hybridized carbons (Fsp3) is 0.500. The summed E-state index contributed by atoms with van der Waals surface area (Å²) in [6, 6.07) is 7.02. The summed E-state index contributed by atoms with van der Waals surface area (Å²) in [5.41, 5.74) is 1.13. The molecule has 0 radical (unpaired) electrons. The first-order chi connectivity index (χ1) is 7.93. The van der Waals surface area contributed by atoms with Crippen molar-refractivity contribution in [3.63, 3.8) is 0 Å². The molecule has 0 atom stereocenters. The van der Waals surface area contributed by atoms with Gasteiger partial charge in [0.25, 0.3) is 0 Å². The Bertz CT molecular complexity index is 439. The lowest BCUT2D eigenvalue weighted by Crippen LogP contribution is -2.23. The smallest absolute Gasteiger partial charge is 0.175 e. The van der Waals surface area contributed by atoms with Crippen LogP contribution in [-0.4, -0.2) is 47.0 Å². The standard InChI is InChI=1S/C12H19NO3S/c1-13(10-16-2)9-8-11-4-6-12(7-5-11)17(3,14)15/h4-7H,8-10H2,1-3H3. The van der Waals surface area contributed by atoms with Gasteiger partial charge in [0.05, 0.1) is 11.6 Å². The van der Waals surface area contributed by atoms with Crippen molar-refractivity contribution < 1.29 is 13.2 Å². The molecule has 0 bridgehead atoms. The third-order valence-corrected chi connectivity index (χ3v) is 3.61. The molecule has 0 spiro atoms. The molecular formula is C12H19NO3S. The second-order valence-corrected chi connectivity index (χ2v) is 6.18. The topological polar surface area (TPSA) is 46.6 Å². The maximum Gasteiger partial charge on any atom is 0.175 e. The average molecular weight is 257 g/mol. The minimum atomic E-state index is -3.09. The highest BCUT2D eigenvalue weighted by atomic mass is 32.2. The van der Waals surface area contributed by atoms with Crippen molar-refractivity contribution in [3.8, 4) is 0 Å². The zero-order valence-electron chi connectivity index (χ0n) is 10.5. The molecule has 0 amide bonds. The quantitative estimate of drug-likeness (QED) is 0.718. The van der Waals surface area contributed by atoms with Gasteiger partial charge in [0, 0.05) is 19.9 Å². The molecule has 0 aliphatic carbocycles.